The summed E-state index contributed by atoms with van der Waals surface area (Å²) in [5.74, 6) is 5.57. The molecule has 7 heteroatoms. The number of fused-ring (bicyclic) bond motifs is 2. The first kappa shape index (κ1) is 21.1. The lowest BCUT2D eigenvalue weighted by Gasteiger charge is -2.13. The van der Waals surface area contributed by atoms with Crippen molar-refractivity contribution in [2.75, 3.05) is 19.7 Å². The summed E-state index contributed by atoms with van der Waals surface area (Å²) in [6.45, 7) is 0.590. The lowest BCUT2D eigenvalue weighted by atomic mass is 10.1. The molecule has 3 aromatic rings. The second kappa shape index (κ2) is 9.75. The molecule has 32 heavy (non-hydrogen) atoms. The zero-order chi connectivity index (χ0) is 22.3. The van der Waals surface area contributed by atoms with Crippen molar-refractivity contribution in [3.8, 4) is 17.6 Å². The van der Waals surface area contributed by atoms with Crippen LogP contribution in [0, 0.1) is 11.8 Å². The maximum absolute atomic E-state index is 12.3. The molecule has 2 heterocycles. The van der Waals surface area contributed by atoms with Gasteiger partial charge in [-0.2, -0.15) is 0 Å². The summed E-state index contributed by atoms with van der Waals surface area (Å²) < 4.78 is 5.68. The highest BCUT2D eigenvalue weighted by Gasteiger charge is 2.34. The van der Waals surface area contributed by atoms with E-state index in [9.17, 15) is 14.4 Å². The van der Waals surface area contributed by atoms with E-state index in [1.807, 2.05) is 30.3 Å². The smallest absolute Gasteiger partial charge is 0.261 e. The Kier molecular flexibility index (Phi) is 6.42. The number of aromatic nitrogens is 1. The zero-order valence-corrected chi connectivity index (χ0v) is 17.3. The monoisotopic (exact) mass is 427 g/mol. The van der Waals surface area contributed by atoms with E-state index in [0.717, 1.165) is 10.9 Å². The van der Waals surface area contributed by atoms with Crippen molar-refractivity contribution in [2.45, 2.75) is 12.8 Å². The van der Waals surface area contributed by atoms with Gasteiger partial charge >= 0.3 is 0 Å². The lowest BCUT2D eigenvalue weighted by Crippen LogP contribution is -2.32. The summed E-state index contributed by atoms with van der Waals surface area (Å²) in [5.41, 5.74) is 1.61. The molecule has 1 aliphatic rings. The molecule has 3 amide bonds. The summed E-state index contributed by atoms with van der Waals surface area (Å²) in [7, 11) is 0. The van der Waals surface area contributed by atoms with E-state index in [0.29, 0.717) is 23.3 Å². The number of pyridine rings is 1. The summed E-state index contributed by atoms with van der Waals surface area (Å²) in [6, 6.07) is 16.3. The van der Waals surface area contributed by atoms with E-state index in [1.165, 1.54) is 4.90 Å². The number of para-hydroxylation sites is 1. The minimum absolute atomic E-state index is 0.185. The van der Waals surface area contributed by atoms with Crippen molar-refractivity contribution in [3.63, 3.8) is 0 Å². The van der Waals surface area contributed by atoms with Crippen LogP contribution < -0.4 is 10.1 Å². The summed E-state index contributed by atoms with van der Waals surface area (Å²) >= 11 is 0. The number of benzene rings is 2. The fraction of sp³-hybridized carbons (Fsp3) is 0.200. The van der Waals surface area contributed by atoms with E-state index in [2.05, 4.69) is 22.1 Å². The van der Waals surface area contributed by atoms with E-state index >= 15 is 0 Å². The third-order valence-electron chi connectivity index (χ3n) is 5.06. The Morgan fingerprint density at radius 2 is 1.72 bits per heavy atom. The van der Waals surface area contributed by atoms with Crippen LogP contribution in [-0.4, -0.2) is 47.3 Å². The van der Waals surface area contributed by atoms with Crippen LogP contribution in [0.15, 0.2) is 60.8 Å². The molecule has 0 bridgehead atoms. The molecule has 4 rings (SSSR count). The van der Waals surface area contributed by atoms with Crippen LogP contribution in [0.3, 0.4) is 0 Å². The number of hydrogen-bond donors (Lipinski definition) is 1. The topological polar surface area (TPSA) is 88.6 Å². The van der Waals surface area contributed by atoms with Crippen LogP contribution in [-0.2, 0) is 4.79 Å². The number of rotatable bonds is 7. The number of ether oxygens (including phenoxy) is 1. The van der Waals surface area contributed by atoms with Gasteiger partial charge in [0.1, 0.15) is 17.9 Å². The molecule has 0 radical (unpaired) electrons. The Morgan fingerprint density at radius 3 is 2.50 bits per heavy atom. The van der Waals surface area contributed by atoms with E-state index in [1.54, 1.807) is 30.5 Å². The minimum atomic E-state index is -0.307. The first-order valence-electron chi connectivity index (χ1n) is 10.3. The Balaban J connectivity index is 1.16. The zero-order valence-electron chi connectivity index (χ0n) is 17.3. The van der Waals surface area contributed by atoms with Gasteiger partial charge in [-0.3, -0.25) is 24.3 Å². The average Bonchev–Trinajstić information content (AvgIpc) is 3.06. The van der Waals surface area contributed by atoms with Crippen LogP contribution >= 0.6 is 0 Å². The maximum Gasteiger partial charge on any atom is 0.261 e. The normalized spacial score (nSPS) is 12.3. The number of imide groups is 1. The summed E-state index contributed by atoms with van der Waals surface area (Å²) in [6.07, 6.45) is 2.31. The molecule has 1 aromatic heterocycles. The molecule has 7 nitrogen and oxygen atoms in total. The summed E-state index contributed by atoms with van der Waals surface area (Å²) in [5, 5.41) is 3.70. The predicted molar refractivity (Wildman–Crippen MR) is 119 cm³/mol. The van der Waals surface area contributed by atoms with Crippen molar-refractivity contribution < 1.29 is 19.1 Å². The summed E-state index contributed by atoms with van der Waals surface area (Å²) in [4.78, 5) is 42.1. The highest BCUT2D eigenvalue weighted by Crippen LogP contribution is 2.23. The molecule has 0 saturated carbocycles. The number of hydrogen-bond acceptors (Lipinski definition) is 5. The SMILES string of the molecule is O=C(CCCN1C(=O)c2ccccc2C1=O)NCC#CCOc1cccc2cccnc12. The van der Waals surface area contributed by atoms with Crippen LogP contribution in [0.4, 0.5) is 0 Å². The molecule has 1 N–H and O–H groups in total. The highest BCUT2D eigenvalue weighted by atomic mass is 16.5. The molecule has 0 aliphatic carbocycles. The molecular formula is C25H21N3O4. The molecule has 0 fully saturated rings. The highest BCUT2D eigenvalue weighted by molar-refractivity contribution is 6.21. The third kappa shape index (κ3) is 4.60. The van der Waals surface area contributed by atoms with Crippen molar-refractivity contribution >= 4 is 28.6 Å². The lowest BCUT2D eigenvalue weighted by molar-refractivity contribution is -0.121. The van der Waals surface area contributed by atoms with Gasteiger partial charge < -0.3 is 10.1 Å². The Hall–Kier alpha value is -4.18. The van der Waals surface area contributed by atoms with Gasteiger partial charge in [-0.1, -0.05) is 42.2 Å². The Morgan fingerprint density at radius 1 is 0.969 bits per heavy atom. The molecule has 0 spiro atoms. The van der Waals surface area contributed by atoms with Crippen molar-refractivity contribution in [1.29, 1.82) is 0 Å². The first-order chi connectivity index (χ1) is 15.6. The predicted octanol–water partition coefficient (Wildman–Crippen LogP) is 2.81. The fourth-order valence-electron chi connectivity index (χ4n) is 3.49. The standard InChI is InChI=1S/C25H21N3O4/c29-22(13-7-16-28-24(30)19-10-1-2-11-20(19)25(28)31)26-14-3-4-17-32-21-12-5-8-18-9-6-15-27-23(18)21/h1-2,5-6,8-12,15H,7,13-14,16-17H2,(H,26,29). The number of nitrogens with zero attached hydrogens (tertiary/aromatic N) is 2. The van der Waals surface area contributed by atoms with Crippen LogP contribution in [0.2, 0.25) is 0 Å². The molecule has 0 saturated heterocycles. The van der Waals surface area contributed by atoms with Crippen molar-refractivity contribution in [1.82, 2.24) is 15.2 Å². The Labute approximate surface area is 185 Å². The molecule has 0 unspecified atom stereocenters. The van der Waals surface area contributed by atoms with E-state index in [4.69, 9.17) is 4.74 Å². The van der Waals surface area contributed by atoms with Crippen LogP contribution in [0.5, 0.6) is 5.75 Å². The van der Waals surface area contributed by atoms with Gasteiger partial charge in [0.25, 0.3) is 11.8 Å². The van der Waals surface area contributed by atoms with Crippen molar-refractivity contribution in [3.05, 3.63) is 71.9 Å². The molecule has 0 atom stereocenters. The molecule has 1 aliphatic heterocycles. The van der Waals surface area contributed by atoms with E-state index in [-0.39, 0.29) is 43.8 Å². The number of carbonyl (C=O) groups is 3. The van der Waals surface area contributed by atoms with Gasteiger partial charge in [0.2, 0.25) is 5.91 Å². The second-order valence-electron chi connectivity index (χ2n) is 7.16. The molecule has 160 valence electrons. The van der Waals surface area contributed by atoms with E-state index < -0.39 is 0 Å². The largest absolute Gasteiger partial charge is 0.479 e. The van der Waals surface area contributed by atoms with Gasteiger partial charge in [0, 0.05) is 24.5 Å². The van der Waals surface area contributed by atoms with Gasteiger partial charge in [-0.25, -0.2) is 0 Å². The first-order valence-corrected chi connectivity index (χ1v) is 10.3. The van der Waals surface area contributed by atoms with Gasteiger partial charge in [-0.15, -0.1) is 0 Å². The van der Waals surface area contributed by atoms with Crippen molar-refractivity contribution in [2.24, 2.45) is 0 Å². The van der Waals surface area contributed by atoms with Crippen LogP contribution in [0.1, 0.15) is 33.6 Å². The van der Waals surface area contributed by atoms with Gasteiger partial charge in [-0.05, 0) is 30.7 Å². The van der Waals surface area contributed by atoms with Gasteiger partial charge in [0.15, 0.2) is 0 Å². The fourth-order valence-corrected chi connectivity index (χ4v) is 3.49. The quantitative estimate of drug-likeness (QED) is 0.463. The molecule has 2 aromatic carbocycles. The Bertz CT molecular complexity index is 1200. The van der Waals surface area contributed by atoms with Gasteiger partial charge in [0.05, 0.1) is 17.7 Å². The number of amides is 3. The molecular weight excluding hydrogens is 406 g/mol. The minimum Gasteiger partial charge on any atom is -0.479 e. The number of carbonyl (C=O) groups excluding carboxylic acids is 3. The third-order valence-corrected chi connectivity index (χ3v) is 5.06. The number of nitrogens with one attached hydrogen (secondary N) is 1. The second-order valence-corrected chi connectivity index (χ2v) is 7.16. The average molecular weight is 427 g/mol. The maximum atomic E-state index is 12.3. The van der Waals surface area contributed by atoms with Crippen LogP contribution in [0.25, 0.3) is 10.9 Å².